The molecule has 0 saturated carbocycles. The lowest BCUT2D eigenvalue weighted by Gasteiger charge is -2.16. The van der Waals surface area contributed by atoms with Crippen LogP contribution in [0.15, 0.2) is 48.2 Å². The Bertz CT molecular complexity index is 1010. The first kappa shape index (κ1) is 22.4. The molecule has 2 aromatic carbocycles. The van der Waals surface area contributed by atoms with Crippen LogP contribution >= 0.6 is 0 Å². The molecule has 3 rings (SSSR count). The standard InChI is InChI=1S/C24H28N2O5/c1-15(2)31-13-12-26-23(27)21(17-10-11-19(29-4)20(14-17)30-5)22(24(26)28)25-18-9-7-6-8-16(18)3/h6-11,14-15,25H,12-13H2,1-5H3. The van der Waals surface area contributed by atoms with E-state index >= 15 is 0 Å². The summed E-state index contributed by atoms with van der Waals surface area (Å²) in [7, 11) is 3.07. The van der Waals surface area contributed by atoms with Gasteiger partial charge in [-0.05, 0) is 50.1 Å². The Kier molecular flexibility index (Phi) is 6.97. The molecule has 7 nitrogen and oxygen atoms in total. The van der Waals surface area contributed by atoms with Gasteiger partial charge >= 0.3 is 0 Å². The van der Waals surface area contributed by atoms with Crippen LogP contribution in [0.3, 0.4) is 0 Å². The Labute approximate surface area is 182 Å². The van der Waals surface area contributed by atoms with Crippen molar-refractivity contribution in [3.8, 4) is 11.5 Å². The average Bonchev–Trinajstić information content (AvgIpc) is 2.98. The van der Waals surface area contributed by atoms with Crippen LogP contribution in [0.1, 0.15) is 25.0 Å². The monoisotopic (exact) mass is 424 g/mol. The Morgan fingerprint density at radius 2 is 1.68 bits per heavy atom. The van der Waals surface area contributed by atoms with Crippen molar-refractivity contribution in [2.45, 2.75) is 26.9 Å². The van der Waals surface area contributed by atoms with Gasteiger partial charge in [0.05, 0.1) is 39.0 Å². The lowest BCUT2D eigenvalue weighted by molar-refractivity contribution is -0.137. The first-order chi connectivity index (χ1) is 14.9. The molecule has 1 aliphatic rings. The Morgan fingerprint density at radius 3 is 2.32 bits per heavy atom. The number of nitrogens with one attached hydrogen (secondary N) is 1. The number of nitrogens with zero attached hydrogens (tertiary/aromatic N) is 1. The van der Waals surface area contributed by atoms with Crippen molar-refractivity contribution in [2.75, 3.05) is 32.7 Å². The van der Waals surface area contributed by atoms with E-state index in [1.165, 1.54) is 12.0 Å². The van der Waals surface area contributed by atoms with Gasteiger partial charge < -0.3 is 19.5 Å². The van der Waals surface area contributed by atoms with Gasteiger partial charge in [0.25, 0.3) is 11.8 Å². The van der Waals surface area contributed by atoms with Gasteiger partial charge in [-0.1, -0.05) is 24.3 Å². The number of amides is 2. The minimum Gasteiger partial charge on any atom is -0.493 e. The van der Waals surface area contributed by atoms with Gasteiger partial charge in [-0.25, -0.2) is 0 Å². The normalized spacial score (nSPS) is 13.9. The Morgan fingerprint density at radius 1 is 0.968 bits per heavy atom. The quantitative estimate of drug-likeness (QED) is 0.620. The molecule has 2 aromatic rings. The number of benzene rings is 2. The number of hydrogen-bond donors (Lipinski definition) is 1. The van der Waals surface area contributed by atoms with Crippen molar-refractivity contribution in [2.24, 2.45) is 0 Å². The van der Waals surface area contributed by atoms with Gasteiger partial charge in [-0.15, -0.1) is 0 Å². The summed E-state index contributed by atoms with van der Waals surface area (Å²) in [6, 6.07) is 12.8. The fraction of sp³-hybridized carbons (Fsp3) is 0.333. The second kappa shape index (κ2) is 9.66. The summed E-state index contributed by atoms with van der Waals surface area (Å²) < 4.78 is 16.3. The van der Waals surface area contributed by atoms with Crippen LogP contribution in [0.2, 0.25) is 0 Å². The first-order valence-corrected chi connectivity index (χ1v) is 10.1. The number of hydrogen-bond acceptors (Lipinski definition) is 6. The molecular weight excluding hydrogens is 396 g/mol. The van der Waals surface area contributed by atoms with Crippen LogP contribution in [0.25, 0.3) is 5.57 Å². The highest BCUT2D eigenvalue weighted by Crippen LogP contribution is 2.35. The molecule has 0 bridgehead atoms. The third-order valence-electron chi connectivity index (χ3n) is 5.01. The number of imide groups is 1. The second-order valence-electron chi connectivity index (χ2n) is 7.44. The smallest absolute Gasteiger partial charge is 0.278 e. The fourth-order valence-electron chi connectivity index (χ4n) is 3.38. The number of anilines is 1. The molecule has 0 aromatic heterocycles. The van der Waals surface area contributed by atoms with Crippen LogP contribution in [0.4, 0.5) is 5.69 Å². The first-order valence-electron chi connectivity index (χ1n) is 10.1. The molecule has 164 valence electrons. The van der Waals surface area contributed by atoms with E-state index < -0.39 is 0 Å². The summed E-state index contributed by atoms with van der Waals surface area (Å²) in [4.78, 5) is 27.8. The van der Waals surface area contributed by atoms with Crippen LogP contribution in [-0.4, -0.2) is 50.2 Å². The maximum absolute atomic E-state index is 13.3. The number of rotatable bonds is 9. The van der Waals surface area contributed by atoms with Gasteiger partial charge in [-0.3, -0.25) is 14.5 Å². The highest BCUT2D eigenvalue weighted by molar-refractivity contribution is 6.36. The predicted octanol–water partition coefficient (Wildman–Crippen LogP) is 3.63. The molecule has 7 heteroatoms. The Balaban J connectivity index is 2.04. The molecule has 0 aliphatic carbocycles. The zero-order valence-electron chi connectivity index (χ0n) is 18.5. The van der Waals surface area contributed by atoms with Gasteiger partial charge in [0, 0.05) is 5.69 Å². The van der Waals surface area contributed by atoms with Crippen molar-refractivity contribution < 1.29 is 23.8 Å². The van der Waals surface area contributed by atoms with Gasteiger partial charge in [0.1, 0.15) is 5.70 Å². The highest BCUT2D eigenvalue weighted by atomic mass is 16.5. The maximum Gasteiger partial charge on any atom is 0.278 e. The average molecular weight is 424 g/mol. The van der Waals surface area contributed by atoms with E-state index in [0.29, 0.717) is 22.6 Å². The van der Waals surface area contributed by atoms with E-state index in [9.17, 15) is 9.59 Å². The van der Waals surface area contributed by atoms with Crippen molar-refractivity contribution in [1.82, 2.24) is 4.90 Å². The predicted molar refractivity (Wildman–Crippen MR) is 119 cm³/mol. The highest BCUT2D eigenvalue weighted by Gasteiger charge is 2.39. The molecule has 1 heterocycles. The molecular formula is C24H28N2O5. The third-order valence-corrected chi connectivity index (χ3v) is 5.01. The number of aryl methyl sites for hydroxylation is 1. The van der Waals surface area contributed by atoms with E-state index in [2.05, 4.69) is 5.32 Å². The van der Waals surface area contributed by atoms with Crippen molar-refractivity contribution in [3.05, 3.63) is 59.3 Å². The molecule has 0 spiro atoms. The molecule has 31 heavy (non-hydrogen) atoms. The van der Waals surface area contributed by atoms with E-state index in [4.69, 9.17) is 14.2 Å². The molecule has 0 saturated heterocycles. The van der Waals surface area contributed by atoms with Gasteiger partial charge in [0.15, 0.2) is 11.5 Å². The second-order valence-corrected chi connectivity index (χ2v) is 7.44. The SMILES string of the molecule is COc1ccc(C2=C(Nc3ccccc3C)C(=O)N(CCOC(C)C)C2=O)cc1OC. The number of carbonyl (C=O) groups excluding carboxylic acids is 2. The molecule has 0 unspecified atom stereocenters. The summed E-state index contributed by atoms with van der Waals surface area (Å²) in [6.07, 6.45) is 0.00986. The number of carbonyl (C=O) groups is 2. The third kappa shape index (κ3) is 4.72. The minimum absolute atomic E-state index is 0.00986. The van der Waals surface area contributed by atoms with Crippen LogP contribution in [0, 0.1) is 6.92 Å². The molecule has 2 amide bonds. The topological polar surface area (TPSA) is 77.1 Å². The number of ether oxygens (including phenoxy) is 3. The molecule has 0 fully saturated rings. The summed E-state index contributed by atoms with van der Waals surface area (Å²) in [5.74, 6) is 0.259. The molecule has 1 aliphatic heterocycles. The zero-order chi connectivity index (χ0) is 22.5. The molecule has 0 radical (unpaired) electrons. The van der Waals surface area contributed by atoms with Crippen LogP contribution in [0.5, 0.6) is 11.5 Å². The van der Waals surface area contributed by atoms with E-state index in [-0.39, 0.29) is 36.8 Å². The van der Waals surface area contributed by atoms with E-state index in [1.807, 2.05) is 45.0 Å². The van der Waals surface area contributed by atoms with E-state index in [1.54, 1.807) is 25.3 Å². The molecule has 0 atom stereocenters. The van der Waals surface area contributed by atoms with Crippen LogP contribution in [-0.2, 0) is 14.3 Å². The van der Waals surface area contributed by atoms with Crippen LogP contribution < -0.4 is 14.8 Å². The lowest BCUT2D eigenvalue weighted by atomic mass is 10.0. The fourth-order valence-corrected chi connectivity index (χ4v) is 3.38. The lowest BCUT2D eigenvalue weighted by Crippen LogP contribution is -2.35. The largest absolute Gasteiger partial charge is 0.493 e. The number of para-hydroxylation sites is 1. The minimum atomic E-state index is -0.384. The van der Waals surface area contributed by atoms with Crippen molar-refractivity contribution in [3.63, 3.8) is 0 Å². The summed E-state index contributed by atoms with van der Waals surface area (Å²) in [5.41, 5.74) is 2.81. The summed E-state index contributed by atoms with van der Waals surface area (Å²) in [5, 5.41) is 3.19. The Hall–Kier alpha value is -3.32. The van der Waals surface area contributed by atoms with Gasteiger partial charge in [0.2, 0.25) is 0 Å². The zero-order valence-corrected chi connectivity index (χ0v) is 18.5. The van der Waals surface area contributed by atoms with Gasteiger partial charge in [-0.2, -0.15) is 0 Å². The van der Waals surface area contributed by atoms with Crippen molar-refractivity contribution in [1.29, 1.82) is 0 Å². The van der Waals surface area contributed by atoms with E-state index in [0.717, 1.165) is 11.3 Å². The maximum atomic E-state index is 13.3. The number of methoxy groups -OCH3 is 2. The van der Waals surface area contributed by atoms with Crippen molar-refractivity contribution >= 4 is 23.1 Å². The molecule has 1 N–H and O–H groups in total. The summed E-state index contributed by atoms with van der Waals surface area (Å²) >= 11 is 0. The summed E-state index contributed by atoms with van der Waals surface area (Å²) in [6.45, 7) is 6.20.